The molecule has 0 N–H and O–H groups in total. The predicted molar refractivity (Wildman–Crippen MR) is 98.2 cm³/mol. The Kier molecular flexibility index (Phi) is 5.06. The van der Waals surface area contributed by atoms with Crippen LogP contribution in [0.1, 0.15) is 45.0 Å². The lowest BCUT2D eigenvalue weighted by Gasteiger charge is -2.11. The molecule has 1 aromatic carbocycles. The largest absolute Gasteiger partial charge is 0.144 e. The summed E-state index contributed by atoms with van der Waals surface area (Å²) < 4.78 is 2.28. The van der Waals surface area contributed by atoms with Crippen LogP contribution in [-0.2, 0) is 12.8 Å². The summed E-state index contributed by atoms with van der Waals surface area (Å²) in [5, 5.41) is 0. The summed E-state index contributed by atoms with van der Waals surface area (Å²) in [6.45, 7) is 0. The SMILES string of the molecule is Brc1ccc(Br)c(C(Br)c2cc3c(s2)CCCCC3)c1. The van der Waals surface area contributed by atoms with Crippen molar-refractivity contribution in [3.05, 3.63) is 54.1 Å². The van der Waals surface area contributed by atoms with Crippen molar-refractivity contribution in [1.29, 1.82) is 0 Å². The van der Waals surface area contributed by atoms with E-state index in [0.29, 0.717) is 0 Å². The van der Waals surface area contributed by atoms with E-state index in [0.717, 1.165) is 8.95 Å². The Morgan fingerprint density at radius 2 is 1.80 bits per heavy atom. The molecule has 0 spiro atoms. The normalized spacial score (nSPS) is 16.6. The number of aryl methyl sites for hydroxylation is 2. The van der Waals surface area contributed by atoms with Crippen molar-refractivity contribution in [1.82, 2.24) is 0 Å². The van der Waals surface area contributed by atoms with E-state index < -0.39 is 0 Å². The van der Waals surface area contributed by atoms with Gasteiger partial charge in [-0.2, -0.15) is 0 Å². The zero-order valence-corrected chi connectivity index (χ0v) is 16.5. The molecule has 1 aliphatic rings. The molecule has 1 aromatic heterocycles. The average molecular weight is 479 g/mol. The van der Waals surface area contributed by atoms with Gasteiger partial charge in [0, 0.05) is 18.7 Å². The van der Waals surface area contributed by atoms with E-state index in [1.807, 2.05) is 11.3 Å². The second-order valence-electron chi connectivity index (χ2n) is 5.19. The molecule has 0 amide bonds. The Morgan fingerprint density at radius 3 is 2.65 bits per heavy atom. The molecule has 3 rings (SSSR count). The van der Waals surface area contributed by atoms with Gasteiger partial charge in [-0.05, 0) is 61.1 Å². The number of hydrogen-bond donors (Lipinski definition) is 0. The van der Waals surface area contributed by atoms with Gasteiger partial charge in [0.1, 0.15) is 0 Å². The van der Waals surface area contributed by atoms with Crippen LogP contribution >= 0.6 is 59.1 Å². The van der Waals surface area contributed by atoms with Gasteiger partial charge in [-0.15, -0.1) is 11.3 Å². The first-order valence-electron chi connectivity index (χ1n) is 6.85. The van der Waals surface area contributed by atoms with E-state index >= 15 is 0 Å². The van der Waals surface area contributed by atoms with E-state index in [9.17, 15) is 0 Å². The highest BCUT2D eigenvalue weighted by Gasteiger charge is 2.19. The number of halogens is 3. The fraction of sp³-hybridized carbons (Fsp3) is 0.375. The number of benzene rings is 1. The van der Waals surface area contributed by atoms with Crippen molar-refractivity contribution >= 4 is 59.1 Å². The van der Waals surface area contributed by atoms with Gasteiger partial charge in [0.15, 0.2) is 0 Å². The van der Waals surface area contributed by atoms with Crippen molar-refractivity contribution in [2.24, 2.45) is 0 Å². The smallest absolute Gasteiger partial charge is 0.0749 e. The average Bonchev–Trinajstić information content (AvgIpc) is 2.72. The summed E-state index contributed by atoms with van der Waals surface area (Å²) in [4.78, 5) is 3.30. The van der Waals surface area contributed by atoms with E-state index in [2.05, 4.69) is 72.1 Å². The maximum atomic E-state index is 3.88. The molecule has 4 heteroatoms. The van der Waals surface area contributed by atoms with Crippen LogP contribution in [0.3, 0.4) is 0 Å². The Bertz CT molecular complexity index is 595. The zero-order valence-electron chi connectivity index (χ0n) is 11.0. The number of alkyl halides is 1. The fourth-order valence-corrected chi connectivity index (χ4v) is 5.88. The summed E-state index contributed by atoms with van der Waals surface area (Å²) in [5.74, 6) is 0. The van der Waals surface area contributed by atoms with Gasteiger partial charge in [-0.3, -0.25) is 0 Å². The lowest BCUT2D eigenvalue weighted by atomic mass is 10.1. The van der Waals surface area contributed by atoms with Gasteiger partial charge in [0.2, 0.25) is 0 Å². The number of fused-ring (bicyclic) bond motifs is 1. The van der Waals surface area contributed by atoms with Crippen molar-refractivity contribution < 1.29 is 0 Å². The van der Waals surface area contributed by atoms with Gasteiger partial charge >= 0.3 is 0 Å². The van der Waals surface area contributed by atoms with Crippen LogP contribution in [-0.4, -0.2) is 0 Å². The number of thiophene rings is 1. The molecule has 0 nitrogen and oxygen atoms in total. The van der Waals surface area contributed by atoms with Gasteiger partial charge < -0.3 is 0 Å². The Labute approximate surface area is 149 Å². The monoisotopic (exact) mass is 476 g/mol. The lowest BCUT2D eigenvalue weighted by molar-refractivity contribution is 0.712. The minimum absolute atomic E-state index is 0.270. The molecule has 1 unspecified atom stereocenters. The van der Waals surface area contributed by atoms with Crippen molar-refractivity contribution in [2.75, 3.05) is 0 Å². The van der Waals surface area contributed by atoms with E-state index in [4.69, 9.17) is 0 Å². The van der Waals surface area contributed by atoms with Crippen LogP contribution in [0.25, 0.3) is 0 Å². The molecule has 0 bridgehead atoms. The molecule has 0 aliphatic heterocycles. The lowest BCUT2D eigenvalue weighted by Crippen LogP contribution is -1.91. The molecule has 20 heavy (non-hydrogen) atoms. The molecule has 0 fully saturated rings. The number of hydrogen-bond acceptors (Lipinski definition) is 1. The summed E-state index contributed by atoms with van der Waals surface area (Å²) in [5.41, 5.74) is 2.87. The minimum atomic E-state index is 0.270. The van der Waals surface area contributed by atoms with Crippen LogP contribution in [0.2, 0.25) is 0 Å². The quantitative estimate of drug-likeness (QED) is 0.321. The van der Waals surface area contributed by atoms with E-state index in [-0.39, 0.29) is 4.83 Å². The van der Waals surface area contributed by atoms with Crippen molar-refractivity contribution in [3.63, 3.8) is 0 Å². The highest BCUT2D eigenvalue weighted by Crippen LogP contribution is 2.42. The van der Waals surface area contributed by atoms with E-state index in [1.165, 1.54) is 42.5 Å². The Hall–Kier alpha value is 0.360. The molecule has 1 heterocycles. The van der Waals surface area contributed by atoms with Crippen LogP contribution in [0, 0.1) is 0 Å². The molecular weight excluding hydrogens is 464 g/mol. The summed E-state index contributed by atoms with van der Waals surface area (Å²) >= 11 is 13.1. The highest BCUT2D eigenvalue weighted by molar-refractivity contribution is 9.11. The van der Waals surface area contributed by atoms with Crippen LogP contribution in [0.4, 0.5) is 0 Å². The zero-order chi connectivity index (χ0) is 14.1. The molecule has 0 saturated heterocycles. The second kappa shape index (κ2) is 6.64. The standard InChI is InChI=1S/C16H15Br3S/c17-11-6-7-13(18)12(9-11)16(19)15-8-10-4-2-1-3-5-14(10)20-15/h6-9,16H,1-5H2. The first-order chi connectivity index (χ1) is 9.65. The molecule has 106 valence electrons. The molecule has 1 atom stereocenters. The predicted octanol–water partition coefficient (Wildman–Crippen LogP) is 7.03. The van der Waals surface area contributed by atoms with Gasteiger partial charge in [-0.25, -0.2) is 0 Å². The molecule has 1 aliphatic carbocycles. The third-order valence-electron chi connectivity index (χ3n) is 3.75. The fourth-order valence-electron chi connectivity index (χ4n) is 2.68. The molecule has 2 aromatic rings. The maximum Gasteiger partial charge on any atom is 0.0749 e. The Morgan fingerprint density at radius 1 is 1.00 bits per heavy atom. The first kappa shape index (κ1) is 15.3. The Balaban J connectivity index is 1.94. The van der Waals surface area contributed by atoms with Crippen LogP contribution < -0.4 is 0 Å². The highest BCUT2D eigenvalue weighted by atomic mass is 79.9. The van der Waals surface area contributed by atoms with Gasteiger partial charge in [0.05, 0.1) is 4.83 Å². The maximum absolute atomic E-state index is 3.88. The third kappa shape index (κ3) is 3.23. The minimum Gasteiger partial charge on any atom is -0.144 e. The second-order valence-corrected chi connectivity index (χ2v) is 9.04. The third-order valence-corrected chi connectivity index (χ3v) is 7.55. The summed E-state index contributed by atoms with van der Waals surface area (Å²) in [6, 6.07) is 8.77. The molecular formula is C16H15Br3S. The van der Waals surface area contributed by atoms with Crippen LogP contribution in [0.5, 0.6) is 0 Å². The summed E-state index contributed by atoms with van der Waals surface area (Å²) in [7, 11) is 0. The van der Waals surface area contributed by atoms with E-state index in [1.54, 1.807) is 10.4 Å². The van der Waals surface area contributed by atoms with Crippen LogP contribution in [0.15, 0.2) is 33.2 Å². The van der Waals surface area contributed by atoms with Gasteiger partial charge in [-0.1, -0.05) is 54.2 Å². The molecule has 0 saturated carbocycles. The van der Waals surface area contributed by atoms with Crippen molar-refractivity contribution in [2.45, 2.75) is 36.9 Å². The summed E-state index contributed by atoms with van der Waals surface area (Å²) in [6.07, 6.45) is 6.59. The topological polar surface area (TPSA) is 0 Å². The van der Waals surface area contributed by atoms with Crippen molar-refractivity contribution in [3.8, 4) is 0 Å². The van der Waals surface area contributed by atoms with Gasteiger partial charge in [0.25, 0.3) is 0 Å². The first-order valence-corrected chi connectivity index (χ1v) is 10.2. The molecule has 0 radical (unpaired) electrons. The number of rotatable bonds is 2.